The van der Waals surface area contributed by atoms with Gasteiger partial charge in [-0.2, -0.15) is 13.5 Å². The van der Waals surface area contributed by atoms with E-state index in [9.17, 15) is 26.5 Å². The van der Waals surface area contributed by atoms with Gasteiger partial charge in [0.25, 0.3) is 20.1 Å². The maximum absolute atomic E-state index is 13.0. The largest absolute Gasteiger partial charge is 1.00 e. The van der Waals surface area contributed by atoms with Crippen molar-refractivity contribution >= 4 is 53.7 Å². The van der Waals surface area contributed by atoms with E-state index in [-0.39, 0.29) is 56.6 Å². The summed E-state index contributed by atoms with van der Waals surface area (Å²) in [5, 5.41) is 21.1. The minimum Gasteiger partial charge on any atom is -0.871 e. The standard InChI is InChI=1S/C23H20N4O6S2.Na/c1-14-7-10-18(34(29,30)27-17-5-3-2-4-6-17)13-20(14)25-26-22-21(35(31,32)33)11-15-8-9-16(24)12-19(15)23(22)28;/h2-13,27-28H,24H2,1H3,(H,31,32,33);/q;+1/p-1. The molecule has 36 heavy (non-hydrogen) atoms. The Morgan fingerprint density at radius 2 is 1.61 bits per heavy atom. The molecule has 0 unspecified atom stereocenters. The molecule has 4 N–H and O–H groups in total. The van der Waals surface area contributed by atoms with Crippen LogP contribution in [0.15, 0.2) is 92.8 Å². The molecule has 0 bridgehead atoms. The summed E-state index contributed by atoms with van der Waals surface area (Å²) >= 11 is 0. The number of nitrogens with one attached hydrogen (secondary N) is 1. The second-order valence-electron chi connectivity index (χ2n) is 7.63. The van der Waals surface area contributed by atoms with Gasteiger partial charge in [0.2, 0.25) is 0 Å². The van der Waals surface area contributed by atoms with E-state index in [0.717, 1.165) is 6.07 Å². The molecule has 0 aliphatic heterocycles. The molecule has 4 aromatic carbocycles. The minimum absolute atomic E-state index is 0. The molecule has 0 aromatic heterocycles. The fraction of sp³-hybridized carbons (Fsp3) is 0.0435. The molecule has 0 amide bonds. The number of hydrogen-bond acceptors (Lipinski definition) is 8. The number of sulfonamides is 1. The minimum atomic E-state index is -4.83. The quantitative estimate of drug-likeness (QED) is 0.144. The van der Waals surface area contributed by atoms with Crippen LogP contribution in [0.3, 0.4) is 0 Å². The zero-order valence-corrected chi connectivity index (χ0v) is 22.8. The van der Waals surface area contributed by atoms with Gasteiger partial charge in [0.1, 0.15) is 4.90 Å². The van der Waals surface area contributed by atoms with Crippen LogP contribution in [-0.4, -0.2) is 21.4 Å². The Kier molecular flexibility index (Phi) is 8.08. The number of nitrogens with two attached hydrogens (primary N) is 1. The van der Waals surface area contributed by atoms with Gasteiger partial charge in [0, 0.05) is 11.4 Å². The average Bonchev–Trinajstić information content (AvgIpc) is 2.79. The van der Waals surface area contributed by atoms with Crippen LogP contribution in [0.1, 0.15) is 5.56 Å². The monoisotopic (exact) mass is 534 g/mol. The maximum atomic E-state index is 13.0. The summed E-state index contributed by atoms with van der Waals surface area (Å²) in [4.78, 5) is -0.847. The van der Waals surface area contributed by atoms with Crippen LogP contribution in [-0.2, 0) is 20.1 Å². The van der Waals surface area contributed by atoms with Crippen molar-refractivity contribution in [2.45, 2.75) is 16.7 Å². The van der Waals surface area contributed by atoms with E-state index in [1.54, 1.807) is 37.3 Å². The topological polar surface area (TPSA) is 174 Å². The second kappa shape index (κ2) is 10.5. The fourth-order valence-corrected chi connectivity index (χ4v) is 5.06. The third-order valence-corrected chi connectivity index (χ3v) is 7.36. The van der Waals surface area contributed by atoms with Gasteiger partial charge in [0.05, 0.1) is 16.3 Å². The van der Waals surface area contributed by atoms with E-state index in [1.165, 1.54) is 36.4 Å². The van der Waals surface area contributed by atoms with Crippen LogP contribution in [0.4, 0.5) is 22.7 Å². The van der Waals surface area contributed by atoms with Crippen molar-refractivity contribution in [2.75, 3.05) is 10.5 Å². The molecule has 10 nitrogen and oxygen atoms in total. The molecular weight excluding hydrogens is 515 g/mol. The van der Waals surface area contributed by atoms with Crippen LogP contribution < -0.4 is 45.1 Å². The fourth-order valence-electron chi connectivity index (χ4n) is 3.33. The summed E-state index contributed by atoms with van der Waals surface area (Å²) in [6.45, 7) is 1.64. The number of fused-ring (bicyclic) bond motifs is 1. The first-order chi connectivity index (χ1) is 16.5. The van der Waals surface area contributed by atoms with Crippen molar-refractivity contribution in [1.29, 1.82) is 0 Å². The number of rotatable bonds is 6. The third-order valence-electron chi connectivity index (χ3n) is 5.11. The molecule has 0 spiro atoms. The number of para-hydroxylation sites is 1. The zero-order chi connectivity index (χ0) is 25.4. The number of nitrogens with zero attached hydrogens (tertiary/aromatic N) is 2. The van der Waals surface area contributed by atoms with Crippen LogP contribution in [0.2, 0.25) is 0 Å². The van der Waals surface area contributed by atoms with Crippen LogP contribution in [0, 0.1) is 6.92 Å². The third kappa shape index (κ3) is 5.86. The van der Waals surface area contributed by atoms with E-state index in [2.05, 4.69) is 15.0 Å². The molecule has 13 heteroatoms. The molecule has 0 saturated heterocycles. The maximum Gasteiger partial charge on any atom is 1.00 e. The zero-order valence-electron chi connectivity index (χ0n) is 19.2. The Morgan fingerprint density at radius 1 is 0.917 bits per heavy atom. The summed E-state index contributed by atoms with van der Waals surface area (Å²) < 4.78 is 61.6. The van der Waals surface area contributed by atoms with Crippen molar-refractivity contribution in [3.05, 3.63) is 78.4 Å². The first-order valence-electron chi connectivity index (χ1n) is 10.1. The number of nitrogen functional groups attached to an aromatic ring is 1. The van der Waals surface area contributed by atoms with Gasteiger partial charge in [-0.1, -0.05) is 36.1 Å². The van der Waals surface area contributed by atoms with Gasteiger partial charge in [-0.05, 0) is 65.7 Å². The summed E-state index contributed by atoms with van der Waals surface area (Å²) in [5.41, 5.74) is 6.34. The predicted octanol–water partition coefficient (Wildman–Crippen LogP) is 1.27. The number of hydrogen-bond donors (Lipinski definition) is 3. The molecule has 0 radical (unpaired) electrons. The Bertz CT molecular complexity index is 1690. The van der Waals surface area contributed by atoms with E-state index in [4.69, 9.17) is 5.73 Å². The van der Waals surface area contributed by atoms with Crippen LogP contribution >= 0.6 is 0 Å². The number of anilines is 2. The van der Waals surface area contributed by atoms with E-state index in [0.29, 0.717) is 11.3 Å². The Labute approximate surface area is 230 Å². The Hall–Kier alpha value is -3.00. The normalized spacial score (nSPS) is 11.9. The molecule has 0 atom stereocenters. The molecule has 0 saturated carbocycles. The predicted molar refractivity (Wildman–Crippen MR) is 130 cm³/mol. The van der Waals surface area contributed by atoms with Crippen molar-refractivity contribution in [3.63, 3.8) is 0 Å². The number of aryl methyl sites for hydroxylation is 1. The second-order valence-corrected chi connectivity index (χ2v) is 10.7. The van der Waals surface area contributed by atoms with Gasteiger partial charge in [-0.15, -0.1) is 5.11 Å². The van der Waals surface area contributed by atoms with E-state index in [1.807, 2.05) is 0 Å². The summed E-state index contributed by atoms with van der Waals surface area (Å²) in [5.74, 6) is -0.807. The van der Waals surface area contributed by atoms with Crippen molar-refractivity contribution in [1.82, 2.24) is 0 Å². The van der Waals surface area contributed by atoms with Gasteiger partial charge < -0.3 is 10.8 Å². The average molecular weight is 535 g/mol. The number of benzene rings is 4. The smallest absolute Gasteiger partial charge is 0.871 e. The molecule has 0 heterocycles. The summed E-state index contributed by atoms with van der Waals surface area (Å²) in [6.07, 6.45) is 0. The Morgan fingerprint density at radius 3 is 2.28 bits per heavy atom. The van der Waals surface area contributed by atoms with Gasteiger partial charge in [-0.3, -0.25) is 9.27 Å². The van der Waals surface area contributed by atoms with Crippen molar-refractivity contribution < 1.29 is 56.1 Å². The number of azo groups is 1. The van der Waals surface area contributed by atoms with Crippen LogP contribution in [0.25, 0.3) is 10.8 Å². The van der Waals surface area contributed by atoms with Gasteiger partial charge in [-0.25, -0.2) is 8.42 Å². The Balaban J connectivity index is 0.00000361. The summed E-state index contributed by atoms with van der Waals surface area (Å²) in [7, 11) is -8.80. The molecule has 4 rings (SSSR count). The SMILES string of the molecule is Cc1ccc(S(=O)(=O)Nc2ccccc2)cc1N=Nc1c(S(=O)(=O)O)cc2ccc(N)cc2c1[O-].[Na+]. The van der Waals surface area contributed by atoms with E-state index >= 15 is 0 Å². The molecule has 4 aromatic rings. The van der Waals surface area contributed by atoms with Crippen molar-refractivity contribution in [3.8, 4) is 5.75 Å². The van der Waals surface area contributed by atoms with Crippen molar-refractivity contribution in [2.24, 2.45) is 10.2 Å². The molecular formula is C23H19N4NaO6S2. The molecule has 0 aliphatic carbocycles. The molecule has 0 aliphatic rings. The van der Waals surface area contributed by atoms with Gasteiger partial charge in [0.15, 0.2) is 0 Å². The first kappa shape index (κ1) is 27.6. The molecule has 180 valence electrons. The van der Waals surface area contributed by atoms with Gasteiger partial charge >= 0.3 is 29.6 Å². The first-order valence-corrected chi connectivity index (χ1v) is 13.0. The van der Waals surface area contributed by atoms with E-state index < -0.39 is 36.5 Å². The van der Waals surface area contributed by atoms with Crippen LogP contribution in [0.5, 0.6) is 5.75 Å². The summed E-state index contributed by atoms with van der Waals surface area (Å²) in [6, 6.07) is 17.8. The molecule has 0 fully saturated rings.